The number of carboxylic acid groups (broad SMARTS) is 1. The topological polar surface area (TPSA) is 73.0 Å². The number of nitrogens with zero attached hydrogens (tertiary/aromatic N) is 2. The van der Waals surface area contributed by atoms with Gasteiger partial charge in [-0.05, 0) is 86.6 Å². The van der Waals surface area contributed by atoms with Crippen LogP contribution in [0.2, 0.25) is 5.02 Å². The maximum atomic E-state index is 11.5. The Labute approximate surface area is 202 Å². The number of hydrogen-bond donors (Lipinski definition) is 1. The Hall–Kier alpha value is -4.03. The summed E-state index contributed by atoms with van der Waals surface area (Å²) in [6.45, 7) is 3.93. The Morgan fingerprint density at radius 1 is 0.941 bits per heavy atom. The van der Waals surface area contributed by atoms with Crippen LogP contribution in [-0.2, 0) is 0 Å². The van der Waals surface area contributed by atoms with Gasteiger partial charge in [-0.3, -0.25) is 4.99 Å². The number of hydrogen-bond acceptors (Lipinski definition) is 4. The number of aliphatic imine (C=N–C) groups is 1. The highest BCUT2D eigenvalue weighted by Gasteiger charge is 2.14. The van der Waals surface area contributed by atoms with E-state index in [0.29, 0.717) is 5.75 Å². The third kappa shape index (κ3) is 4.97. The van der Waals surface area contributed by atoms with Crippen LogP contribution in [0.4, 0.5) is 5.69 Å². The number of aromatic carboxylic acids is 1. The molecule has 0 saturated carbocycles. The summed E-state index contributed by atoms with van der Waals surface area (Å²) in [6.07, 6.45) is 1.80. The minimum atomic E-state index is -1.06. The summed E-state index contributed by atoms with van der Waals surface area (Å²) in [5.74, 6) is 1.14. The van der Waals surface area contributed by atoms with Crippen LogP contribution in [0.25, 0.3) is 5.69 Å². The third-order valence-corrected chi connectivity index (χ3v) is 5.72. The van der Waals surface area contributed by atoms with E-state index in [1.807, 2.05) is 73.0 Å². The van der Waals surface area contributed by atoms with Gasteiger partial charge in [0.25, 0.3) is 0 Å². The lowest BCUT2D eigenvalue weighted by Crippen LogP contribution is -2.03. The van der Waals surface area contributed by atoms with Crippen molar-refractivity contribution in [2.75, 3.05) is 7.11 Å². The average Bonchev–Trinajstić information content (AvgIpc) is 3.12. The van der Waals surface area contributed by atoms with Crippen molar-refractivity contribution in [2.45, 2.75) is 13.8 Å². The van der Waals surface area contributed by atoms with Crippen molar-refractivity contribution in [3.8, 4) is 22.9 Å². The predicted molar refractivity (Wildman–Crippen MR) is 134 cm³/mol. The number of aryl methyl sites for hydroxylation is 1. The summed E-state index contributed by atoms with van der Waals surface area (Å²) in [6, 6.07) is 21.9. The molecule has 0 atom stereocenters. The van der Waals surface area contributed by atoms with Crippen molar-refractivity contribution in [1.29, 1.82) is 0 Å². The second-order valence-corrected chi connectivity index (χ2v) is 8.07. The van der Waals surface area contributed by atoms with E-state index in [0.717, 1.165) is 39.8 Å². The van der Waals surface area contributed by atoms with E-state index in [1.54, 1.807) is 31.5 Å². The predicted octanol–water partition coefficient (Wildman–Crippen LogP) is 7.00. The minimum Gasteiger partial charge on any atom is -0.497 e. The maximum Gasteiger partial charge on any atom is 0.337 e. The van der Waals surface area contributed by atoms with Crippen LogP contribution in [0, 0.1) is 13.8 Å². The van der Waals surface area contributed by atoms with Crippen LogP contribution in [0.1, 0.15) is 27.3 Å². The number of carbonyl (C=O) groups is 1. The summed E-state index contributed by atoms with van der Waals surface area (Å²) >= 11 is 6.02. The molecule has 0 aliphatic rings. The molecule has 0 aliphatic heterocycles. The standard InChI is InChI=1S/C27H23ClN2O4/c1-17-14-19(18(2)30(17)21-6-13-26(28)25(15-21)27(31)32)16-29-20-4-7-23(8-5-20)34-24-11-9-22(33-3)10-12-24/h4-16H,1-3H3,(H,31,32). The zero-order valence-electron chi connectivity index (χ0n) is 18.9. The second kappa shape index (κ2) is 9.85. The molecule has 6 nitrogen and oxygen atoms in total. The van der Waals surface area contributed by atoms with E-state index in [4.69, 9.17) is 21.1 Å². The zero-order chi connectivity index (χ0) is 24.2. The molecule has 0 fully saturated rings. The van der Waals surface area contributed by atoms with Gasteiger partial charge in [0, 0.05) is 28.9 Å². The Balaban J connectivity index is 1.52. The van der Waals surface area contributed by atoms with Crippen molar-refractivity contribution in [3.05, 3.63) is 100 Å². The molecule has 1 N–H and O–H groups in total. The number of methoxy groups -OCH3 is 1. The van der Waals surface area contributed by atoms with Gasteiger partial charge in [-0.15, -0.1) is 0 Å². The fraction of sp³-hybridized carbons (Fsp3) is 0.111. The molecule has 4 aromatic rings. The summed E-state index contributed by atoms with van der Waals surface area (Å²) in [4.78, 5) is 16.1. The Morgan fingerprint density at radius 2 is 1.56 bits per heavy atom. The van der Waals surface area contributed by atoms with E-state index in [-0.39, 0.29) is 10.6 Å². The maximum absolute atomic E-state index is 11.5. The lowest BCUT2D eigenvalue weighted by Gasteiger charge is -2.11. The van der Waals surface area contributed by atoms with E-state index in [2.05, 4.69) is 4.99 Å². The lowest BCUT2D eigenvalue weighted by atomic mass is 10.2. The van der Waals surface area contributed by atoms with Crippen molar-refractivity contribution >= 4 is 29.5 Å². The normalized spacial score (nSPS) is 11.1. The van der Waals surface area contributed by atoms with Crippen LogP contribution in [-0.4, -0.2) is 29.0 Å². The van der Waals surface area contributed by atoms with Crippen molar-refractivity contribution < 1.29 is 19.4 Å². The molecule has 4 rings (SSSR count). The van der Waals surface area contributed by atoms with E-state index >= 15 is 0 Å². The third-order valence-electron chi connectivity index (χ3n) is 5.39. The fourth-order valence-corrected chi connectivity index (χ4v) is 3.85. The summed E-state index contributed by atoms with van der Waals surface area (Å²) in [7, 11) is 1.62. The molecule has 0 aliphatic carbocycles. The van der Waals surface area contributed by atoms with E-state index in [1.165, 1.54) is 0 Å². The van der Waals surface area contributed by atoms with Gasteiger partial charge in [0.15, 0.2) is 0 Å². The van der Waals surface area contributed by atoms with Crippen LogP contribution < -0.4 is 9.47 Å². The second-order valence-electron chi connectivity index (χ2n) is 7.66. The number of halogens is 1. The van der Waals surface area contributed by atoms with Gasteiger partial charge in [0.1, 0.15) is 17.2 Å². The van der Waals surface area contributed by atoms with Gasteiger partial charge < -0.3 is 19.1 Å². The number of aromatic nitrogens is 1. The van der Waals surface area contributed by atoms with Gasteiger partial charge in [-0.1, -0.05) is 11.6 Å². The smallest absolute Gasteiger partial charge is 0.337 e. The fourth-order valence-electron chi connectivity index (χ4n) is 3.66. The Kier molecular flexibility index (Phi) is 6.70. The largest absolute Gasteiger partial charge is 0.497 e. The first-order valence-electron chi connectivity index (χ1n) is 10.5. The molecular formula is C27H23ClN2O4. The van der Waals surface area contributed by atoms with Crippen molar-refractivity contribution in [2.24, 2.45) is 4.99 Å². The summed E-state index contributed by atoms with van der Waals surface area (Å²) in [5, 5.41) is 9.59. The lowest BCUT2D eigenvalue weighted by molar-refractivity contribution is 0.0697. The Bertz CT molecular complexity index is 1360. The first-order chi connectivity index (χ1) is 16.4. The monoisotopic (exact) mass is 474 g/mol. The van der Waals surface area contributed by atoms with Crippen LogP contribution in [0.15, 0.2) is 77.8 Å². The van der Waals surface area contributed by atoms with Crippen molar-refractivity contribution in [1.82, 2.24) is 4.57 Å². The molecule has 0 saturated heterocycles. The minimum absolute atomic E-state index is 0.0684. The van der Waals surface area contributed by atoms with E-state index in [9.17, 15) is 9.90 Å². The zero-order valence-corrected chi connectivity index (χ0v) is 19.7. The molecule has 3 aromatic carbocycles. The number of benzene rings is 3. The molecule has 172 valence electrons. The SMILES string of the molecule is COc1ccc(Oc2ccc(N=Cc3cc(C)n(-c4ccc(Cl)c(C(=O)O)c4)c3C)cc2)cc1. The van der Waals surface area contributed by atoms with Gasteiger partial charge in [-0.2, -0.15) is 0 Å². The Morgan fingerprint density at radius 3 is 2.18 bits per heavy atom. The van der Waals surface area contributed by atoms with Crippen LogP contribution >= 0.6 is 11.6 Å². The van der Waals surface area contributed by atoms with Gasteiger partial charge >= 0.3 is 5.97 Å². The molecular weight excluding hydrogens is 452 g/mol. The highest BCUT2D eigenvalue weighted by atomic mass is 35.5. The summed E-state index contributed by atoms with van der Waals surface area (Å²) in [5.41, 5.74) is 4.42. The number of carboxylic acids is 1. The quantitative estimate of drug-likeness (QED) is 0.293. The molecule has 1 aromatic heterocycles. The first-order valence-corrected chi connectivity index (χ1v) is 10.9. The summed E-state index contributed by atoms with van der Waals surface area (Å²) < 4.78 is 13.0. The van der Waals surface area contributed by atoms with E-state index < -0.39 is 5.97 Å². The van der Waals surface area contributed by atoms with Crippen LogP contribution in [0.5, 0.6) is 17.2 Å². The molecule has 0 spiro atoms. The highest BCUT2D eigenvalue weighted by Crippen LogP contribution is 2.27. The number of ether oxygens (including phenoxy) is 2. The molecule has 0 bridgehead atoms. The molecule has 34 heavy (non-hydrogen) atoms. The van der Waals surface area contributed by atoms with Gasteiger partial charge in [0.05, 0.1) is 23.4 Å². The van der Waals surface area contributed by atoms with Gasteiger partial charge in [-0.25, -0.2) is 4.79 Å². The average molecular weight is 475 g/mol. The first kappa shape index (κ1) is 23.1. The van der Waals surface area contributed by atoms with Crippen molar-refractivity contribution in [3.63, 3.8) is 0 Å². The molecule has 1 heterocycles. The molecule has 0 amide bonds. The highest BCUT2D eigenvalue weighted by molar-refractivity contribution is 6.33. The molecule has 0 radical (unpaired) electrons. The van der Waals surface area contributed by atoms with Crippen LogP contribution in [0.3, 0.4) is 0 Å². The molecule has 7 heteroatoms. The number of rotatable bonds is 7. The molecule has 0 unspecified atom stereocenters. The van der Waals surface area contributed by atoms with Gasteiger partial charge in [0.2, 0.25) is 0 Å².